The number of allylic oxidation sites excluding steroid dienone is 4. The van der Waals surface area contributed by atoms with Crippen molar-refractivity contribution in [2.75, 3.05) is 53.0 Å². The number of fused-ring (bicyclic) bond motifs is 1. The molecule has 0 saturated carbocycles. The smallest absolute Gasteiger partial charge is 0.380 e. The molecular weight excluding hydrogens is 509 g/mol. The zero-order chi connectivity index (χ0) is 27.6. The highest BCUT2D eigenvalue weighted by molar-refractivity contribution is 6.01. The molecule has 0 bridgehead atoms. The zero-order valence-electron chi connectivity index (χ0n) is 22.0. The lowest BCUT2D eigenvalue weighted by molar-refractivity contribution is -0.133. The van der Waals surface area contributed by atoms with Gasteiger partial charge in [-0.15, -0.1) is 0 Å². The van der Waals surface area contributed by atoms with Gasteiger partial charge in [0.15, 0.2) is 0 Å². The van der Waals surface area contributed by atoms with Crippen LogP contribution in [0.15, 0.2) is 70.0 Å². The number of hydrogen-bond donors (Lipinski definition) is 1. The molecule has 5 aliphatic rings. The molecule has 39 heavy (non-hydrogen) atoms. The van der Waals surface area contributed by atoms with Crippen molar-refractivity contribution in [3.8, 4) is 0 Å². The van der Waals surface area contributed by atoms with Crippen molar-refractivity contribution in [2.45, 2.75) is 37.9 Å². The highest BCUT2D eigenvalue weighted by Crippen LogP contribution is 2.33. The summed E-state index contributed by atoms with van der Waals surface area (Å²) in [4.78, 5) is 31.6. The van der Waals surface area contributed by atoms with Gasteiger partial charge in [-0.05, 0) is 55.5 Å². The highest BCUT2D eigenvalue weighted by atomic mass is 19.4. The second-order valence-corrected chi connectivity index (χ2v) is 10.7. The molecule has 0 aromatic carbocycles. The molecule has 4 aliphatic heterocycles. The molecule has 1 N–H and O–H groups in total. The summed E-state index contributed by atoms with van der Waals surface area (Å²) in [5.41, 5.74) is 6.38. The second-order valence-electron chi connectivity index (χ2n) is 10.7. The van der Waals surface area contributed by atoms with Gasteiger partial charge >= 0.3 is 6.18 Å². The van der Waals surface area contributed by atoms with Gasteiger partial charge in [0, 0.05) is 57.6 Å². The molecule has 2 atom stereocenters. The first-order valence-corrected chi connectivity index (χ1v) is 13.4. The number of likely N-dealkylation sites (N-methyl/N-ethyl adjacent to an activating group) is 1. The van der Waals surface area contributed by atoms with Crippen molar-refractivity contribution < 1.29 is 27.5 Å². The number of carbonyl (C=O) groups excluding carboxylic acids is 2. The van der Waals surface area contributed by atoms with Crippen LogP contribution >= 0.6 is 0 Å². The van der Waals surface area contributed by atoms with E-state index in [2.05, 4.69) is 52.0 Å². The number of alkyl halides is 3. The van der Waals surface area contributed by atoms with E-state index < -0.39 is 17.7 Å². The number of nitrogens with zero attached hydrogens (tertiary/aromatic N) is 3. The van der Waals surface area contributed by atoms with E-state index in [-0.39, 0.29) is 24.6 Å². The molecule has 5 rings (SSSR count). The molecule has 3 fully saturated rings. The minimum absolute atomic E-state index is 0.0683. The lowest BCUT2D eigenvalue weighted by Gasteiger charge is -2.29. The van der Waals surface area contributed by atoms with Crippen LogP contribution in [-0.2, 0) is 14.3 Å². The van der Waals surface area contributed by atoms with Crippen LogP contribution in [0.3, 0.4) is 0 Å². The maximum absolute atomic E-state index is 13.1. The molecule has 2 unspecified atom stereocenters. The maximum Gasteiger partial charge on any atom is 0.424 e. The number of nitrogens with one attached hydrogen (secondary N) is 1. The quantitative estimate of drug-likeness (QED) is 0.501. The molecule has 7 nitrogen and oxygen atoms in total. The predicted molar refractivity (Wildman–Crippen MR) is 139 cm³/mol. The maximum atomic E-state index is 13.1. The first-order chi connectivity index (χ1) is 18.7. The van der Waals surface area contributed by atoms with Crippen molar-refractivity contribution in [3.63, 3.8) is 0 Å². The molecule has 10 heteroatoms. The van der Waals surface area contributed by atoms with Gasteiger partial charge in [-0.2, -0.15) is 13.2 Å². The van der Waals surface area contributed by atoms with Crippen LogP contribution < -0.4 is 5.32 Å². The number of ether oxygens (including phenoxy) is 1. The molecule has 4 heterocycles. The number of amides is 2. The number of halogens is 3. The molecular formula is C29H33F3N4O3. The van der Waals surface area contributed by atoms with Gasteiger partial charge in [0.2, 0.25) is 5.91 Å². The van der Waals surface area contributed by atoms with E-state index in [0.717, 1.165) is 63.8 Å². The first kappa shape index (κ1) is 27.3. The van der Waals surface area contributed by atoms with E-state index in [1.165, 1.54) is 10.5 Å². The van der Waals surface area contributed by atoms with Crippen molar-refractivity contribution in [1.29, 1.82) is 0 Å². The van der Waals surface area contributed by atoms with Crippen LogP contribution in [0.25, 0.3) is 0 Å². The number of likely N-dealkylation sites (tertiary alicyclic amines) is 2. The van der Waals surface area contributed by atoms with Gasteiger partial charge in [0.25, 0.3) is 5.91 Å². The van der Waals surface area contributed by atoms with Gasteiger partial charge < -0.3 is 19.9 Å². The largest absolute Gasteiger partial charge is 0.424 e. The number of hydrogen-bond acceptors (Lipinski definition) is 5. The van der Waals surface area contributed by atoms with Gasteiger partial charge in [-0.1, -0.05) is 23.1 Å². The van der Waals surface area contributed by atoms with Crippen LogP contribution in [0.5, 0.6) is 0 Å². The monoisotopic (exact) mass is 542 g/mol. The summed E-state index contributed by atoms with van der Waals surface area (Å²) in [7, 11) is 2.05. The minimum atomic E-state index is -4.62. The summed E-state index contributed by atoms with van der Waals surface area (Å²) in [5, 5.41) is 2.86. The third kappa shape index (κ3) is 6.48. The van der Waals surface area contributed by atoms with E-state index in [4.69, 9.17) is 4.74 Å². The molecule has 0 aromatic rings. The SMILES string of the molecule is CN1C=CC=C(CCC2CN(C3CCOC3)C/C2=C\NC(=O)CN2CCC3=C=C=C(C(F)(F)F)C=C3C2=O)C1. The Labute approximate surface area is 226 Å². The van der Waals surface area contributed by atoms with Crippen LogP contribution in [0.2, 0.25) is 0 Å². The second kappa shape index (κ2) is 11.4. The van der Waals surface area contributed by atoms with Crippen LogP contribution in [0.1, 0.15) is 25.7 Å². The molecule has 0 spiro atoms. The Hall–Kier alpha value is -3.29. The fourth-order valence-electron chi connectivity index (χ4n) is 5.71. The molecule has 208 valence electrons. The lowest BCUT2D eigenvalue weighted by atomic mass is 9.93. The number of rotatable bonds is 7. The highest BCUT2D eigenvalue weighted by Gasteiger charge is 2.37. The summed E-state index contributed by atoms with van der Waals surface area (Å²) in [5.74, 6) is -0.676. The van der Waals surface area contributed by atoms with Gasteiger partial charge in [-0.3, -0.25) is 14.5 Å². The van der Waals surface area contributed by atoms with E-state index in [1.807, 2.05) is 0 Å². The van der Waals surface area contributed by atoms with Gasteiger partial charge in [-0.25, -0.2) is 0 Å². The number of piperidine rings is 1. The molecule has 2 amide bonds. The Kier molecular flexibility index (Phi) is 8.01. The minimum Gasteiger partial charge on any atom is -0.380 e. The Bertz CT molecular complexity index is 1240. The number of carbonyl (C=O) groups is 2. The van der Waals surface area contributed by atoms with E-state index in [9.17, 15) is 22.8 Å². The van der Waals surface area contributed by atoms with E-state index in [0.29, 0.717) is 24.0 Å². The standard InChI is InChI=1S/C29H33F3N4O3/c1-34-10-2-3-20(15-34)4-5-22-16-36(25-9-12-39-19-25)17-23(22)14-33-27(37)18-35-11-8-21-6-7-24(29(30,31)32)13-26(21)28(35)38/h2-3,10,13-14,22,25H,4-5,8-9,11-12,15-19H2,1H3,(H,33,37)/b23-14+. The molecule has 3 saturated heterocycles. The summed E-state index contributed by atoms with van der Waals surface area (Å²) in [6, 6.07) is 0.374. The van der Waals surface area contributed by atoms with Crippen LogP contribution in [-0.4, -0.2) is 91.7 Å². The third-order valence-electron chi connectivity index (χ3n) is 7.90. The van der Waals surface area contributed by atoms with Crippen molar-refractivity contribution >= 4 is 11.8 Å². The Morgan fingerprint density at radius 3 is 2.87 bits per heavy atom. The van der Waals surface area contributed by atoms with Crippen molar-refractivity contribution in [1.82, 2.24) is 20.0 Å². The molecule has 0 radical (unpaired) electrons. The average Bonchev–Trinajstić information content (AvgIpc) is 3.57. The van der Waals surface area contributed by atoms with Gasteiger partial charge in [0.05, 0.1) is 12.2 Å². The van der Waals surface area contributed by atoms with Gasteiger partial charge in [0.1, 0.15) is 12.1 Å². The van der Waals surface area contributed by atoms with Crippen LogP contribution in [0.4, 0.5) is 13.2 Å². The van der Waals surface area contributed by atoms with Crippen molar-refractivity contribution in [2.24, 2.45) is 5.92 Å². The average molecular weight is 543 g/mol. The third-order valence-corrected chi connectivity index (χ3v) is 7.90. The summed E-state index contributed by atoms with van der Waals surface area (Å²) >= 11 is 0. The lowest BCUT2D eigenvalue weighted by Crippen LogP contribution is -2.44. The Morgan fingerprint density at radius 1 is 1.28 bits per heavy atom. The fraction of sp³-hybridized carbons (Fsp3) is 0.517. The molecule has 1 aliphatic carbocycles. The fourth-order valence-corrected chi connectivity index (χ4v) is 5.71. The normalized spacial score (nSPS) is 26.5. The Balaban J connectivity index is 1.21. The van der Waals surface area contributed by atoms with Crippen molar-refractivity contribution in [3.05, 3.63) is 70.0 Å². The Morgan fingerprint density at radius 2 is 2.13 bits per heavy atom. The zero-order valence-corrected chi connectivity index (χ0v) is 22.0. The topological polar surface area (TPSA) is 65.1 Å². The summed E-state index contributed by atoms with van der Waals surface area (Å²) in [6.45, 7) is 4.06. The van der Waals surface area contributed by atoms with Crippen LogP contribution in [0, 0.1) is 5.92 Å². The molecule has 0 aromatic heterocycles. The van der Waals surface area contributed by atoms with E-state index >= 15 is 0 Å². The summed E-state index contributed by atoms with van der Waals surface area (Å²) in [6.07, 6.45) is 7.51. The predicted octanol–water partition coefficient (Wildman–Crippen LogP) is 3.21. The summed E-state index contributed by atoms with van der Waals surface area (Å²) < 4.78 is 44.9. The van der Waals surface area contributed by atoms with E-state index in [1.54, 1.807) is 6.20 Å². The first-order valence-electron chi connectivity index (χ1n) is 13.4.